The van der Waals surface area contributed by atoms with Gasteiger partial charge in [-0.2, -0.15) is 13.2 Å². The Balaban J connectivity index is 1.40. The minimum Gasteiger partial charge on any atom is -0.373 e. The molecule has 0 bridgehead atoms. The number of nitrogens with one attached hydrogen (secondary N) is 1. The number of pyridine rings is 1. The van der Waals surface area contributed by atoms with Crippen LogP contribution in [0.1, 0.15) is 38.7 Å². The van der Waals surface area contributed by atoms with Gasteiger partial charge in [0, 0.05) is 51.4 Å². The molecule has 1 aromatic rings. The van der Waals surface area contributed by atoms with Crippen LogP contribution >= 0.6 is 11.6 Å². The van der Waals surface area contributed by atoms with Crippen molar-refractivity contribution in [3.05, 3.63) is 22.8 Å². The molecule has 3 rings (SSSR count). The number of carbonyl (C=O) groups is 1. The van der Waals surface area contributed by atoms with E-state index in [0.29, 0.717) is 38.3 Å². The lowest BCUT2D eigenvalue weighted by atomic mass is 9.96. The van der Waals surface area contributed by atoms with Crippen molar-refractivity contribution in [1.82, 2.24) is 15.2 Å². The number of carbonyl (C=O) groups excluding carboxylic acids is 1. The molecular formula is C21H30ClF3N4O2. The molecule has 0 aromatic carbocycles. The number of morpholine rings is 1. The molecule has 0 saturated carbocycles. The third-order valence-electron chi connectivity index (χ3n) is 5.76. The average Bonchev–Trinajstić information content (AvgIpc) is 2.70. The SMILES string of the molecule is C[C@@H]1CN(CCCNC(=O)C2CCN(c3ncc(C(F)(F)F)cc3Cl)CC2)C[C@H](C)O1. The van der Waals surface area contributed by atoms with Crippen LogP contribution < -0.4 is 10.2 Å². The van der Waals surface area contributed by atoms with Crippen molar-refractivity contribution in [3.8, 4) is 0 Å². The summed E-state index contributed by atoms with van der Waals surface area (Å²) in [6.45, 7) is 8.59. The van der Waals surface area contributed by atoms with Gasteiger partial charge in [-0.25, -0.2) is 4.98 Å². The monoisotopic (exact) mass is 462 g/mol. The van der Waals surface area contributed by atoms with Crippen LogP contribution in [0.25, 0.3) is 0 Å². The summed E-state index contributed by atoms with van der Waals surface area (Å²) < 4.78 is 44.1. The van der Waals surface area contributed by atoms with E-state index in [1.165, 1.54) is 0 Å². The van der Waals surface area contributed by atoms with E-state index < -0.39 is 11.7 Å². The number of hydrogen-bond acceptors (Lipinski definition) is 5. The molecule has 0 unspecified atom stereocenters. The lowest BCUT2D eigenvalue weighted by Crippen LogP contribution is -2.46. The Morgan fingerprint density at radius 1 is 1.26 bits per heavy atom. The number of hydrogen-bond donors (Lipinski definition) is 1. The van der Waals surface area contributed by atoms with E-state index in [-0.39, 0.29) is 29.1 Å². The molecule has 0 spiro atoms. The maximum Gasteiger partial charge on any atom is 0.417 e. The molecule has 174 valence electrons. The number of piperidine rings is 1. The normalized spacial score (nSPS) is 23.7. The summed E-state index contributed by atoms with van der Waals surface area (Å²) in [5.41, 5.74) is -0.864. The summed E-state index contributed by atoms with van der Waals surface area (Å²) in [7, 11) is 0. The van der Waals surface area contributed by atoms with Gasteiger partial charge in [-0.05, 0) is 39.2 Å². The molecule has 0 radical (unpaired) electrons. The van der Waals surface area contributed by atoms with Gasteiger partial charge in [-0.3, -0.25) is 9.69 Å². The fourth-order valence-corrected chi connectivity index (χ4v) is 4.58. The van der Waals surface area contributed by atoms with Crippen molar-refractivity contribution in [2.45, 2.75) is 51.5 Å². The fourth-order valence-electron chi connectivity index (χ4n) is 4.30. The van der Waals surface area contributed by atoms with E-state index in [1.54, 1.807) is 0 Å². The number of aromatic nitrogens is 1. The number of alkyl halides is 3. The molecule has 2 aliphatic rings. The molecule has 2 fully saturated rings. The Kier molecular flexibility index (Phi) is 8.04. The van der Waals surface area contributed by atoms with Gasteiger partial charge in [0.05, 0.1) is 22.8 Å². The Morgan fingerprint density at radius 3 is 2.48 bits per heavy atom. The van der Waals surface area contributed by atoms with Crippen LogP contribution in [-0.2, 0) is 15.7 Å². The Hall–Kier alpha value is -1.58. The lowest BCUT2D eigenvalue weighted by Gasteiger charge is -2.35. The summed E-state index contributed by atoms with van der Waals surface area (Å²) in [5.74, 6) is 0.269. The highest BCUT2D eigenvalue weighted by atomic mass is 35.5. The van der Waals surface area contributed by atoms with Gasteiger partial charge in [-0.1, -0.05) is 11.6 Å². The van der Waals surface area contributed by atoms with Gasteiger partial charge in [0.2, 0.25) is 5.91 Å². The van der Waals surface area contributed by atoms with Crippen molar-refractivity contribution in [1.29, 1.82) is 0 Å². The molecule has 1 amide bonds. The number of nitrogens with zero attached hydrogens (tertiary/aromatic N) is 3. The fraction of sp³-hybridized carbons (Fsp3) is 0.714. The predicted octanol–water partition coefficient (Wildman–Crippen LogP) is 3.59. The highest BCUT2D eigenvalue weighted by Gasteiger charge is 2.33. The molecule has 2 aliphatic heterocycles. The number of ether oxygens (including phenoxy) is 1. The maximum absolute atomic E-state index is 12.8. The van der Waals surface area contributed by atoms with Gasteiger partial charge in [0.1, 0.15) is 5.82 Å². The largest absolute Gasteiger partial charge is 0.417 e. The van der Waals surface area contributed by atoms with E-state index in [4.69, 9.17) is 16.3 Å². The standard InChI is InChI=1S/C21H30ClF3N4O2/c1-14-12-28(13-15(2)31-14)7-3-6-26-20(30)16-4-8-29(9-5-16)19-18(22)10-17(11-27-19)21(23,24)25/h10-11,14-16H,3-9,12-13H2,1-2H3,(H,26,30)/t14-,15+. The van der Waals surface area contributed by atoms with Crippen molar-refractivity contribution >= 4 is 23.3 Å². The minimum atomic E-state index is -4.47. The summed E-state index contributed by atoms with van der Waals surface area (Å²) in [6.07, 6.45) is -1.09. The van der Waals surface area contributed by atoms with Crippen molar-refractivity contribution in [2.24, 2.45) is 5.92 Å². The quantitative estimate of drug-likeness (QED) is 0.655. The van der Waals surface area contributed by atoms with E-state index in [0.717, 1.165) is 38.3 Å². The van der Waals surface area contributed by atoms with Gasteiger partial charge in [0.15, 0.2) is 0 Å². The summed E-state index contributed by atoms with van der Waals surface area (Å²) in [4.78, 5) is 20.6. The van der Waals surface area contributed by atoms with Crippen molar-refractivity contribution < 1.29 is 22.7 Å². The van der Waals surface area contributed by atoms with Gasteiger partial charge >= 0.3 is 6.18 Å². The van der Waals surface area contributed by atoms with Crippen LogP contribution in [0.2, 0.25) is 5.02 Å². The van der Waals surface area contributed by atoms with Crippen LogP contribution in [0, 0.1) is 5.92 Å². The Morgan fingerprint density at radius 2 is 1.90 bits per heavy atom. The van der Waals surface area contributed by atoms with Gasteiger partial charge < -0.3 is 15.0 Å². The number of amides is 1. The number of halogens is 4. The molecule has 2 saturated heterocycles. The Bertz CT molecular complexity index is 747. The zero-order valence-electron chi connectivity index (χ0n) is 17.9. The second-order valence-corrected chi connectivity index (χ2v) is 8.86. The summed E-state index contributed by atoms with van der Waals surface area (Å²) in [6, 6.07) is 0.901. The maximum atomic E-state index is 12.8. The number of anilines is 1. The second kappa shape index (κ2) is 10.4. The molecule has 31 heavy (non-hydrogen) atoms. The first-order valence-corrected chi connectivity index (χ1v) is 11.1. The van der Waals surface area contributed by atoms with Crippen LogP contribution in [0.15, 0.2) is 12.3 Å². The highest BCUT2D eigenvalue weighted by Crippen LogP contribution is 2.34. The van der Waals surface area contributed by atoms with Crippen LogP contribution in [0.3, 0.4) is 0 Å². The van der Waals surface area contributed by atoms with E-state index in [9.17, 15) is 18.0 Å². The third-order valence-corrected chi connectivity index (χ3v) is 6.04. The molecular weight excluding hydrogens is 433 g/mol. The second-order valence-electron chi connectivity index (χ2n) is 8.45. The molecule has 3 heterocycles. The van der Waals surface area contributed by atoms with Crippen molar-refractivity contribution in [3.63, 3.8) is 0 Å². The molecule has 1 aromatic heterocycles. The first-order chi connectivity index (χ1) is 14.6. The van der Waals surface area contributed by atoms with Gasteiger partial charge in [-0.15, -0.1) is 0 Å². The minimum absolute atomic E-state index is 0.0236. The molecule has 10 heteroatoms. The third kappa shape index (κ3) is 6.70. The lowest BCUT2D eigenvalue weighted by molar-refractivity contribution is -0.137. The van der Waals surface area contributed by atoms with Crippen molar-refractivity contribution in [2.75, 3.05) is 44.2 Å². The van der Waals surface area contributed by atoms with Crippen LogP contribution in [0.5, 0.6) is 0 Å². The predicted molar refractivity (Wildman–Crippen MR) is 113 cm³/mol. The van der Waals surface area contributed by atoms with E-state index >= 15 is 0 Å². The summed E-state index contributed by atoms with van der Waals surface area (Å²) >= 11 is 6.04. The van der Waals surface area contributed by atoms with Gasteiger partial charge in [0.25, 0.3) is 0 Å². The number of rotatable bonds is 6. The Labute approximate surface area is 186 Å². The highest BCUT2D eigenvalue weighted by molar-refractivity contribution is 6.33. The topological polar surface area (TPSA) is 57.7 Å². The average molecular weight is 463 g/mol. The van der Waals surface area contributed by atoms with Crippen LogP contribution in [0.4, 0.5) is 19.0 Å². The van der Waals surface area contributed by atoms with E-state index in [1.807, 2.05) is 4.90 Å². The zero-order valence-corrected chi connectivity index (χ0v) is 18.7. The molecule has 1 N–H and O–H groups in total. The molecule has 6 nitrogen and oxygen atoms in total. The molecule has 0 aliphatic carbocycles. The van der Waals surface area contributed by atoms with E-state index in [2.05, 4.69) is 29.0 Å². The first kappa shape index (κ1) is 24.1. The summed E-state index contributed by atoms with van der Waals surface area (Å²) in [5, 5.41) is 3.00. The zero-order chi connectivity index (χ0) is 22.6. The van der Waals surface area contributed by atoms with Crippen LogP contribution in [-0.4, -0.2) is 67.3 Å². The molecule has 2 atom stereocenters. The smallest absolute Gasteiger partial charge is 0.373 e. The first-order valence-electron chi connectivity index (χ1n) is 10.8.